The van der Waals surface area contributed by atoms with Crippen molar-refractivity contribution < 1.29 is 18.8 Å². The van der Waals surface area contributed by atoms with Crippen LogP contribution in [0.4, 0.5) is 4.79 Å². The summed E-state index contributed by atoms with van der Waals surface area (Å²) in [7, 11) is 1.59. The third-order valence-electron chi connectivity index (χ3n) is 4.26. The summed E-state index contributed by atoms with van der Waals surface area (Å²) < 4.78 is 10.8. The molecule has 1 atom stereocenters. The Morgan fingerprint density at radius 1 is 1.26 bits per heavy atom. The molecule has 1 N–H and O–H groups in total. The molecule has 2 amide bonds. The molecule has 0 saturated carbocycles. The standard InChI is InChI=1S/C19H24N4O4/c1-19(2,3)26-18(25)23-10-9-14(11-23)17-21-15(22-27-17)12-5-7-13(8-6-12)16(24)20-4/h5-8,14H,9-11H2,1-4H3,(H,20,24)/t14-/m1/s1. The Labute approximate surface area is 157 Å². The third kappa shape index (κ3) is 4.45. The quantitative estimate of drug-likeness (QED) is 0.890. The first kappa shape index (κ1) is 18.9. The van der Waals surface area contributed by atoms with Gasteiger partial charge in [-0.2, -0.15) is 4.98 Å². The van der Waals surface area contributed by atoms with Crippen LogP contribution in [-0.2, 0) is 4.74 Å². The van der Waals surface area contributed by atoms with Crippen molar-refractivity contribution in [3.63, 3.8) is 0 Å². The van der Waals surface area contributed by atoms with E-state index in [-0.39, 0.29) is 17.9 Å². The number of rotatable bonds is 3. The van der Waals surface area contributed by atoms with E-state index in [1.54, 1.807) is 36.2 Å². The van der Waals surface area contributed by atoms with Gasteiger partial charge in [0.25, 0.3) is 5.91 Å². The van der Waals surface area contributed by atoms with Crippen molar-refractivity contribution >= 4 is 12.0 Å². The number of carbonyl (C=O) groups is 2. The second kappa shape index (κ2) is 7.38. The highest BCUT2D eigenvalue weighted by Crippen LogP contribution is 2.28. The first-order valence-electron chi connectivity index (χ1n) is 8.91. The van der Waals surface area contributed by atoms with Gasteiger partial charge in [-0.1, -0.05) is 17.3 Å². The third-order valence-corrected chi connectivity index (χ3v) is 4.26. The number of nitrogens with one attached hydrogen (secondary N) is 1. The van der Waals surface area contributed by atoms with Crippen molar-refractivity contribution in [1.29, 1.82) is 0 Å². The minimum atomic E-state index is -0.520. The molecule has 0 bridgehead atoms. The smallest absolute Gasteiger partial charge is 0.410 e. The zero-order valence-electron chi connectivity index (χ0n) is 16.0. The largest absolute Gasteiger partial charge is 0.444 e. The highest BCUT2D eigenvalue weighted by molar-refractivity contribution is 5.94. The molecule has 1 aliphatic heterocycles. The summed E-state index contributed by atoms with van der Waals surface area (Å²) in [6.45, 7) is 6.62. The highest BCUT2D eigenvalue weighted by atomic mass is 16.6. The maximum absolute atomic E-state index is 12.2. The number of nitrogens with zero attached hydrogens (tertiary/aromatic N) is 3. The van der Waals surface area contributed by atoms with E-state index >= 15 is 0 Å². The SMILES string of the molecule is CNC(=O)c1ccc(-c2noc([C@@H]3CCN(C(=O)OC(C)(C)C)C3)n2)cc1. The van der Waals surface area contributed by atoms with Gasteiger partial charge in [0.15, 0.2) is 0 Å². The van der Waals surface area contributed by atoms with E-state index in [0.29, 0.717) is 30.4 Å². The van der Waals surface area contributed by atoms with Crippen LogP contribution in [0.25, 0.3) is 11.4 Å². The summed E-state index contributed by atoms with van der Waals surface area (Å²) >= 11 is 0. The molecule has 1 fully saturated rings. The molecule has 2 heterocycles. The number of hydrogen-bond donors (Lipinski definition) is 1. The molecule has 0 spiro atoms. The molecule has 1 saturated heterocycles. The van der Waals surface area contributed by atoms with E-state index in [2.05, 4.69) is 15.5 Å². The monoisotopic (exact) mass is 372 g/mol. The Hall–Kier alpha value is -2.90. The summed E-state index contributed by atoms with van der Waals surface area (Å²) in [5.74, 6) is 0.808. The summed E-state index contributed by atoms with van der Waals surface area (Å²) in [5.41, 5.74) is 0.807. The first-order chi connectivity index (χ1) is 12.8. The van der Waals surface area contributed by atoms with Crippen molar-refractivity contribution in [3.05, 3.63) is 35.7 Å². The van der Waals surface area contributed by atoms with Gasteiger partial charge in [-0.25, -0.2) is 4.79 Å². The maximum atomic E-state index is 12.2. The summed E-state index contributed by atoms with van der Waals surface area (Å²) in [6.07, 6.45) is 0.422. The van der Waals surface area contributed by atoms with E-state index in [9.17, 15) is 9.59 Å². The van der Waals surface area contributed by atoms with Crippen molar-refractivity contribution in [2.45, 2.75) is 38.7 Å². The second-order valence-corrected chi connectivity index (χ2v) is 7.52. The minimum Gasteiger partial charge on any atom is -0.444 e. The summed E-state index contributed by atoms with van der Waals surface area (Å²) in [5, 5.41) is 6.61. The molecule has 0 aliphatic carbocycles. The van der Waals surface area contributed by atoms with E-state index in [1.165, 1.54) is 0 Å². The van der Waals surface area contributed by atoms with Gasteiger partial charge in [0.2, 0.25) is 11.7 Å². The predicted molar refractivity (Wildman–Crippen MR) is 98.3 cm³/mol. The molecule has 2 aromatic rings. The molecule has 8 heteroatoms. The molecule has 1 aromatic heterocycles. The van der Waals surface area contributed by atoms with E-state index in [4.69, 9.17) is 9.26 Å². The number of likely N-dealkylation sites (tertiary alicyclic amines) is 1. The lowest BCUT2D eigenvalue weighted by Crippen LogP contribution is -2.35. The van der Waals surface area contributed by atoms with E-state index in [0.717, 1.165) is 12.0 Å². The fourth-order valence-electron chi connectivity index (χ4n) is 2.89. The van der Waals surface area contributed by atoms with Gasteiger partial charge < -0.3 is 19.5 Å². The Kier molecular flexibility index (Phi) is 5.16. The van der Waals surface area contributed by atoms with Crippen LogP contribution in [-0.4, -0.2) is 52.8 Å². The van der Waals surface area contributed by atoms with Gasteiger partial charge in [0, 0.05) is 31.3 Å². The molecule has 3 rings (SSSR count). The van der Waals surface area contributed by atoms with E-state index in [1.807, 2.05) is 20.8 Å². The lowest BCUT2D eigenvalue weighted by atomic mass is 10.1. The molecule has 0 radical (unpaired) electrons. The van der Waals surface area contributed by atoms with Crippen molar-refractivity contribution in [2.75, 3.05) is 20.1 Å². The average molecular weight is 372 g/mol. The van der Waals surface area contributed by atoms with E-state index < -0.39 is 5.60 Å². The molecular weight excluding hydrogens is 348 g/mol. The Morgan fingerprint density at radius 2 is 1.96 bits per heavy atom. The van der Waals surface area contributed by atoms with Crippen molar-refractivity contribution in [1.82, 2.24) is 20.4 Å². The molecule has 1 aliphatic rings. The number of aromatic nitrogens is 2. The highest BCUT2D eigenvalue weighted by Gasteiger charge is 2.33. The van der Waals surface area contributed by atoms with Crippen LogP contribution in [0.2, 0.25) is 0 Å². The topological polar surface area (TPSA) is 97.6 Å². The van der Waals surface area contributed by atoms with Crippen LogP contribution in [0.15, 0.2) is 28.8 Å². The van der Waals surface area contributed by atoms with Crippen LogP contribution in [0.3, 0.4) is 0 Å². The van der Waals surface area contributed by atoms with Crippen LogP contribution >= 0.6 is 0 Å². The van der Waals surface area contributed by atoms with Gasteiger partial charge in [-0.15, -0.1) is 0 Å². The number of hydrogen-bond acceptors (Lipinski definition) is 6. The van der Waals surface area contributed by atoms with Crippen molar-refractivity contribution in [2.24, 2.45) is 0 Å². The molecule has 8 nitrogen and oxygen atoms in total. The number of benzene rings is 1. The normalized spacial score (nSPS) is 17.0. The molecule has 27 heavy (non-hydrogen) atoms. The van der Waals surface area contributed by atoms with Gasteiger partial charge in [-0.05, 0) is 39.3 Å². The maximum Gasteiger partial charge on any atom is 0.410 e. The fourth-order valence-corrected chi connectivity index (χ4v) is 2.89. The molecular formula is C19H24N4O4. The van der Waals surface area contributed by atoms with Gasteiger partial charge in [0.1, 0.15) is 5.60 Å². The van der Waals surface area contributed by atoms with Gasteiger partial charge >= 0.3 is 6.09 Å². The zero-order valence-corrected chi connectivity index (χ0v) is 16.0. The minimum absolute atomic E-state index is 0.0103. The van der Waals surface area contributed by atoms with Gasteiger partial charge in [0.05, 0.1) is 5.92 Å². The Bertz CT molecular complexity index is 823. The average Bonchev–Trinajstić information content (AvgIpc) is 3.29. The van der Waals surface area contributed by atoms with Crippen LogP contribution < -0.4 is 5.32 Å². The zero-order chi connectivity index (χ0) is 19.6. The van der Waals surface area contributed by atoms with Crippen LogP contribution in [0, 0.1) is 0 Å². The Balaban J connectivity index is 1.66. The Morgan fingerprint density at radius 3 is 2.59 bits per heavy atom. The number of ether oxygens (including phenoxy) is 1. The predicted octanol–water partition coefficient (Wildman–Crippen LogP) is 2.82. The summed E-state index contributed by atoms with van der Waals surface area (Å²) in [6, 6.07) is 6.98. The van der Waals surface area contributed by atoms with Gasteiger partial charge in [-0.3, -0.25) is 4.79 Å². The van der Waals surface area contributed by atoms with Crippen LogP contribution in [0.1, 0.15) is 49.4 Å². The second-order valence-electron chi connectivity index (χ2n) is 7.52. The molecule has 1 aromatic carbocycles. The lowest BCUT2D eigenvalue weighted by molar-refractivity contribution is 0.0291. The molecule has 144 valence electrons. The first-order valence-corrected chi connectivity index (χ1v) is 8.91. The fraction of sp³-hybridized carbons (Fsp3) is 0.474. The number of amides is 2. The van der Waals surface area contributed by atoms with Crippen molar-refractivity contribution in [3.8, 4) is 11.4 Å². The van der Waals surface area contributed by atoms with Crippen LogP contribution in [0.5, 0.6) is 0 Å². The number of carbonyl (C=O) groups excluding carboxylic acids is 2. The lowest BCUT2D eigenvalue weighted by Gasteiger charge is -2.24. The summed E-state index contributed by atoms with van der Waals surface area (Å²) in [4.78, 5) is 29.9. The molecule has 0 unspecified atom stereocenters.